The van der Waals surface area contributed by atoms with E-state index in [1.54, 1.807) is 4.90 Å². The van der Waals surface area contributed by atoms with Crippen LogP contribution in [0.4, 0.5) is 10.2 Å². The average Bonchev–Trinajstić information content (AvgIpc) is 3.60. The molecule has 4 heterocycles. The van der Waals surface area contributed by atoms with Crippen molar-refractivity contribution in [1.82, 2.24) is 19.8 Å². The Morgan fingerprint density at radius 3 is 2.70 bits per heavy atom. The first-order valence-corrected chi connectivity index (χ1v) is 12.0. The van der Waals surface area contributed by atoms with Gasteiger partial charge in [-0.25, -0.2) is 15.2 Å². The van der Waals surface area contributed by atoms with Gasteiger partial charge in [-0.3, -0.25) is 24.6 Å². The maximum absolute atomic E-state index is 14.8. The van der Waals surface area contributed by atoms with Crippen molar-refractivity contribution in [2.75, 3.05) is 31.2 Å². The summed E-state index contributed by atoms with van der Waals surface area (Å²) in [6.45, 7) is 5.78. The van der Waals surface area contributed by atoms with Gasteiger partial charge in [0, 0.05) is 49.8 Å². The van der Waals surface area contributed by atoms with Gasteiger partial charge in [-0.1, -0.05) is 30.3 Å². The second-order valence-electron chi connectivity index (χ2n) is 8.89. The van der Waals surface area contributed by atoms with Crippen LogP contribution in [0.5, 0.6) is 0 Å². The van der Waals surface area contributed by atoms with Crippen molar-refractivity contribution in [2.24, 2.45) is 15.8 Å². The number of hydrazine groups is 1. The summed E-state index contributed by atoms with van der Waals surface area (Å²) in [6.07, 6.45) is 6.45. The second-order valence-corrected chi connectivity index (χ2v) is 8.89. The largest absolute Gasteiger partial charge is 0.357 e. The fourth-order valence-corrected chi connectivity index (χ4v) is 4.96. The molecule has 0 spiro atoms. The number of aliphatic imine (C=N–C) groups is 2. The molecular weight excluding hydrogens is 475 g/mol. The number of amidine groups is 1. The Morgan fingerprint density at radius 2 is 1.97 bits per heavy atom. The van der Waals surface area contributed by atoms with Crippen LogP contribution in [0.1, 0.15) is 28.8 Å². The molecule has 1 fully saturated rings. The second kappa shape index (κ2) is 10.3. The molecule has 2 aromatic heterocycles. The minimum Gasteiger partial charge on any atom is -0.357 e. The summed E-state index contributed by atoms with van der Waals surface area (Å²) in [5.74, 6) is 4.94. The zero-order valence-electron chi connectivity index (χ0n) is 20.2. The van der Waals surface area contributed by atoms with Crippen LogP contribution in [-0.4, -0.2) is 76.2 Å². The first-order valence-electron chi connectivity index (χ1n) is 12.0. The number of benzene rings is 1. The molecule has 1 saturated heterocycles. The number of carbonyl (C=O) groups is 2. The molecule has 0 bridgehead atoms. The molecule has 0 aliphatic carbocycles. The lowest BCUT2D eigenvalue weighted by atomic mass is 10.0. The molecule has 0 unspecified atom stereocenters. The molecule has 2 aliphatic rings. The smallest absolute Gasteiger partial charge is 0.295 e. The highest BCUT2D eigenvalue weighted by molar-refractivity contribution is 6.45. The highest BCUT2D eigenvalue weighted by Crippen LogP contribution is 2.29. The quantitative estimate of drug-likeness (QED) is 0.168. The van der Waals surface area contributed by atoms with E-state index in [1.807, 2.05) is 30.3 Å². The first kappa shape index (κ1) is 24.3. The van der Waals surface area contributed by atoms with Crippen LogP contribution >= 0.6 is 0 Å². The molecule has 0 atom stereocenters. The number of rotatable bonds is 7. The Labute approximate surface area is 213 Å². The molecular formula is C26H27FN8O2. The summed E-state index contributed by atoms with van der Waals surface area (Å²) in [5.41, 5.74) is 1.23. The third kappa shape index (κ3) is 4.60. The SMILES string of the molecule is C=N/C=C\N(N)c1ncc(F)c2c(C(=O)C(=O)N3CCC(N4CCN=C4c4ccccc4)CC3)c[nH]c12. The van der Waals surface area contributed by atoms with Crippen molar-refractivity contribution < 1.29 is 14.0 Å². The molecule has 1 amide bonds. The lowest BCUT2D eigenvalue weighted by Gasteiger charge is -2.38. The van der Waals surface area contributed by atoms with Crippen molar-refractivity contribution >= 4 is 41.0 Å². The van der Waals surface area contributed by atoms with Gasteiger partial charge in [0.15, 0.2) is 11.6 Å². The highest BCUT2D eigenvalue weighted by Gasteiger charge is 2.34. The van der Waals surface area contributed by atoms with Gasteiger partial charge < -0.3 is 14.8 Å². The Kier molecular flexibility index (Phi) is 6.78. The number of nitrogens with one attached hydrogen (secondary N) is 1. The third-order valence-corrected chi connectivity index (χ3v) is 6.76. The third-order valence-electron chi connectivity index (χ3n) is 6.76. The van der Waals surface area contributed by atoms with Crippen LogP contribution in [0, 0.1) is 5.82 Å². The van der Waals surface area contributed by atoms with Crippen molar-refractivity contribution in [1.29, 1.82) is 0 Å². The fraction of sp³-hybridized carbons (Fsp3) is 0.269. The normalized spacial score (nSPS) is 16.4. The fourth-order valence-electron chi connectivity index (χ4n) is 4.96. The average molecular weight is 503 g/mol. The number of carbonyl (C=O) groups excluding carboxylic acids is 2. The number of aromatic amines is 1. The van der Waals surface area contributed by atoms with E-state index in [9.17, 15) is 14.0 Å². The first-order chi connectivity index (χ1) is 18.0. The number of piperidine rings is 1. The number of fused-ring (bicyclic) bond motifs is 1. The predicted octanol–water partition coefficient (Wildman–Crippen LogP) is 2.49. The number of H-pyrrole nitrogens is 1. The van der Waals surface area contributed by atoms with E-state index in [2.05, 4.69) is 26.6 Å². The van der Waals surface area contributed by atoms with E-state index in [1.165, 1.54) is 18.6 Å². The number of aromatic nitrogens is 2. The maximum atomic E-state index is 14.8. The molecule has 3 aromatic rings. The van der Waals surface area contributed by atoms with Gasteiger partial charge in [-0.2, -0.15) is 0 Å². The van der Waals surface area contributed by atoms with Gasteiger partial charge >= 0.3 is 0 Å². The van der Waals surface area contributed by atoms with Crippen molar-refractivity contribution in [3.05, 3.63) is 72.1 Å². The van der Waals surface area contributed by atoms with E-state index < -0.39 is 17.5 Å². The maximum Gasteiger partial charge on any atom is 0.295 e. The van der Waals surface area contributed by atoms with Crippen LogP contribution < -0.4 is 10.9 Å². The molecule has 10 nitrogen and oxygen atoms in total. The lowest BCUT2D eigenvalue weighted by molar-refractivity contribution is -0.127. The van der Waals surface area contributed by atoms with Crippen LogP contribution in [0.3, 0.4) is 0 Å². The summed E-state index contributed by atoms with van der Waals surface area (Å²) >= 11 is 0. The van der Waals surface area contributed by atoms with Gasteiger partial charge in [0.25, 0.3) is 11.7 Å². The number of anilines is 1. The highest BCUT2D eigenvalue weighted by atomic mass is 19.1. The molecule has 37 heavy (non-hydrogen) atoms. The van der Waals surface area contributed by atoms with Gasteiger partial charge in [-0.15, -0.1) is 0 Å². The van der Waals surface area contributed by atoms with Gasteiger partial charge in [0.05, 0.1) is 29.2 Å². The van der Waals surface area contributed by atoms with Crippen LogP contribution in [0.25, 0.3) is 10.9 Å². The van der Waals surface area contributed by atoms with E-state index in [0.717, 1.165) is 35.7 Å². The van der Waals surface area contributed by atoms with Crippen molar-refractivity contribution in [3.63, 3.8) is 0 Å². The molecule has 5 rings (SSSR count). The Bertz CT molecular complexity index is 1390. The predicted molar refractivity (Wildman–Crippen MR) is 140 cm³/mol. The number of ketones is 1. The summed E-state index contributed by atoms with van der Waals surface area (Å²) in [4.78, 5) is 45.3. The van der Waals surface area contributed by atoms with Gasteiger partial charge in [0.2, 0.25) is 0 Å². The van der Waals surface area contributed by atoms with E-state index in [4.69, 9.17) is 10.8 Å². The number of halogens is 1. The Morgan fingerprint density at radius 1 is 1.22 bits per heavy atom. The molecule has 3 N–H and O–H groups in total. The van der Waals surface area contributed by atoms with Crippen molar-refractivity contribution in [3.8, 4) is 0 Å². The summed E-state index contributed by atoms with van der Waals surface area (Å²) in [5, 5.41) is 1.09. The molecule has 0 saturated carbocycles. The minimum atomic E-state index is -0.777. The monoisotopic (exact) mass is 502 g/mol. The molecule has 2 aliphatic heterocycles. The number of nitrogens with zero attached hydrogens (tertiary/aromatic N) is 6. The standard InChI is InChI=1S/C26H27FN8O2/c1-29-9-14-35(28)25-22-21(20(27)16-32-25)19(15-31-22)23(36)26(37)33-11-7-18(8-12-33)34-13-10-30-24(34)17-5-3-2-4-6-17/h2-6,9,14-16,18,31H,1,7-8,10-13,28H2/b14-9-. The van der Waals surface area contributed by atoms with E-state index >= 15 is 0 Å². The van der Waals surface area contributed by atoms with E-state index in [-0.39, 0.29) is 28.3 Å². The zero-order valence-corrected chi connectivity index (χ0v) is 20.2. The number of hydrogen-bond acceptors (Lipinski definition) is 8. The molecule has 190 valence electrons. The summed E-state index contributed by atoms with van der Waals surface area (Å²) in [7, 11) is 0. The lowest BCUT2D eigenvalue weighted by Crippen LogP contribution is -2.49. The number of nitrogens with two attached hydrogens (primary N) is 1. The number of Topliss-reactive ketones (excluding diaryl/α,β-unsaturated/α-hetero) is 1. The number of hydrogen-bond donors (Lipinski definition) is 2. The van der Waals surface area contributed by atoms with Gasteiger partial charge in [-0.05, 0) is 19.6 Å². The number of pyridine rings is 1. The number of amides is 1. The van der Waals surface area contributed by atoms with Gasteiger partial charge in [0.1, 0.15) is 5.84 Å². The Hall–Kier alpha value is -4.38. The molecule has 1 aromatic carbocycles. The van der Waals surface area contributed by atoms with Crippen LogP contribution in [0.15, 0.2) is 65.1 Å². The van der Waals surface area contributed by atoms with Crippen LogP contribution in [0.2, 0.25) is 0 Å². The zero-order chi connectivity index (χ0) is 25.9. The van der Waals surface area contributed by atoms with Crippen molar-refractivity contribution in [2.45, 2.75) is 18.9 Å². The summed E-state index contributed by atoms with van der Waals surface area (Å²) in [6, 6.07) is 10.3. The summed E-state index contributed by atoms with van der Waals surface area (Å²) < 4.78 is 14.8. The Balaban J connectivity index is 1.30. The number of likely N-dealkylation sites (tertiary alicyclic amines) is 1. The van der Waals surface area contributed by atoms with E-state index in [0.29, 0.717) is 25.9 Å². The minimum absolute atomic E-state index is 0.0329. The topological polar surface area (TPSA) is 123 Å². The molecule has 0 radical (unpaired) electrons. The van der Waals surface area contributed by atoms with Crippen LogP contribution in [-0.2, 0) is 4.79 Å². The molecule has 11 heteroatoms.